The number of anilines is 1. The summed E-state index contributed by atoms with van der Waals surface area (Å²) in [5, 5.41) is 11.4. The first-order valence-electron chi connectivity index (χ1n) is 11.2. The third kappa shape index (κ3) is 4.33. The second-order valence-corrected chi connectivity index (χ2v) is 9.29. The number of aliphatic hydroxyl groups is 1. The van der Waals surface area contributed by atoms with Crippen molar-refractivity contribution in [2.75, 3.05) is 26.2 Å². The lowest BCUT2D eigenvalue weighted by Gasteiger charge is -2.27. The Labute approximate surface area is 218 Å². The molecule has 0 aromatic heterocycles. The van der Waals surface area contributed by atoms with Gasteiger partial charge in [0.2, 0.25) is 5.75 Å². The van der Waals surface area contributed by atoms with E-state index in [2.05, 4.69) is 15.9 Å². The molecular weight excluding hydrogens is 526 g/mol. The lowest BCUT2D eigenvalue weighted by molar-refractivity contribution is -0.132. The zero-order valence-electron chi connectivity index (χ0n) is 20.6. The van der Waals surface area contributed by atoms with Gasteiger partial charge in [-0.1, -0.05) is 34.1 Å². The molecule has 1 heterocycles. The standard InChI is InChI=1S/C28H26BrNO6/c1-15-7-6-8-19(11-15)30-24(18-13-21(34-3)27(36-5)22(14-18)35-4)23(26(32)28(30)33)25(31)17-9-10-20(29)16(2)12-17/h6-14,24,31H,1-5H3/b25-23+. The number of ketones is 1. The summed E-state index contributed by atoms with van der Waals surface area (Å²) in [6, 6.07) is 15.0. The van der Waals surface area contributed by atoms with Crippen molar-refractivity contribution in [1.82, 2.24) is 0 Å². The van der Waals surface area contributed by atoms with Crippen molar-refractivity contribution in [2.24, 2.45) is 0 Å². The maximum absolute atomic E-state index is 13.5. The van der Waals surface area contributed by atoms with Crippen molar-refractivity contribution in [2.45, 2.75) is 19.9 Å². The minimum atomic E-state index is -0.940. The van der Waals surface area contributed by atoms with E-state index in [1.807, 2.05) is 32.0 Å². The van der Waals surface area contributed by atoms with Gasteiger partial charge in [0.1, 0.15) is 5.76 Å². The number of amides is 1. The smallest absolute Gasteiger partial charge is 0.300 e. The number of nitrogens with zero attached hydrogens (tertiary/aromatic N) is 1. The first-order valence-corrected chi connectivity index (χ1v) is 11.9. The maximum Gasteiger partial charge on any atom is 0.300 e. The molecule has 0 bridgehead atoms. The van der Waals surface area contributed by atoms with E-state index >= 15 is 0 Å². The van der Waals surface area contributed by atoms with E-state index in [4.69, 9.17) is 14.2 Å². The number of halogens is 1. The van der Waals surface area contributed by atoms with E-state index in [0.29, 0.717) is 34.1 Å². The van der Waals surface area contributed by atoms with Crippen molar-refractivity contribution < 1.29 is 28.9 Å². The second-order valence-electron chi connectivity index (χ2n) is 8.43. The number of hydrogen-bond acceptors (Lipinski definition) is 6. The topological polar surface area (TPSA) is 85.3 Å². The van der Waals surface area contributed by atoms with Crippen LogP contribution in [0.1, 0.15) is 28.3 Å². The van der Waals surface area contributed by atoms with Crippen LogP contribution in [0.5, 0.6) is 17.2 Å². The zero-order chi connectivity index (χ0) is 26.1. The van der Waals surface area contributed by atoms with Crippen molar-refractivity contribution in [3.63, 3.8) is 0 Å². The summed E-state index contributed by atoms with van der Waals surface area (Å²) in [5.41, 5.74) is 3.23. The van der Waals surface area contributed by atoms with E-state index in [9.17, 15) is 14.7 Å². The Hall–Kier alpha value is -3.78. The molecule has 0 radical (unpaired) electrons. The fourth-order valence-corrected chi connectivity index (χ4v) is 4.65. The Kier molecular flexibility index (Phi) is 7.08. The highest BCUT2D eigenvalue weighted by molar-refractivity contribution is 9.10. The van der Waals surface area contributed by atoms with Crippen LogP contribution in [-0.2, 0) is 9.59 Å². The molecule has 36 heavy (non-hydrogen) atoms. The molecule has 0 aliphatic carbocycles. The van der Waals surface area contributed by atoms with Gasteiger partial charge in [0, 0.05) is 15.7 Å². The summed E-state index contributed by atoms with van der Waals surface area (Å²) in [7, 11) is 4.47. The van der Waals surface area contributed by atoms with E-state index < -0.39 is 17.7 Å². The molecule has 8 heteroatoms. The van der Waals surface area contributed by atoms with Gasteiger partial charge in [-0.05, 0) is 66.9 Å². The van der Waals surface area contributed by atoms with Crippen LogP contribution >= 0.6 is 15.9 Å². The average Bonchev–Trinajstić information content (AvgIpc) is 3.14. The van der Waals surface area contributed by atoms with Crippen molar-refractivity contribution in [3.8, 4) is 17.2 Å². The summed E-state index contributed by atoms with van der Waals surface area (Å²) < 4.78 is 17.4. The molecule has 1 amide bonds. The predicted molar refractivity (Wildman–Crippen MR) is 141 cm³/mol. The Balaban J connectivity index is 2.03. The number of benzene rings is 3. The van der Waals surface area contributed by atoms with Crippen LogP contribution in [-0.4, -0.2) is 38.1 Å². The minimum absolute atomic E-state index is 0.0301. The van der Waals surface area contributed by atoms with Gasteiger partial charge in [-0.3, -0.25) is 14.5 Å². The summed E-state index contributed by atoms with van der Waals surface area (Å²) in [6.07, 6.45) is 0. The van der Waals surface area contributed by atoms with Crippen molar-refractivity contribution in [3.05, 3.63) is 86.9 Å². The number of aryl methyl sites for hydroxylation is 2. The molecule has 3 aromatic carbocycles. The molecule has 186 valence electrons. The predicted octanol–water partition coefficient (Wildman–Crippen LogP) is 5.72. The van der Waals surface area contributed by atoms with E-state index in [0.717, 1.165) is 15.6 Å². The maximum atomic E-state index is 13.5. The first kappa shape index (κ1) is 25.3. The Morgan fingerprint density at radius 2 is 1.58 bits per heavy atom. The molecule has 1 fully saturated rings. The zero-order valence-corrected chi connectivity index (χ0v) is 22.2. The molecule has 1 N–H and O–H groups in total. The average molecular weight is 552 g/mol. The highest BCUT2D eigenvalue weighted by Crippen LogP contribution is 2.47. The summed E-state index contributed by atoms with van der Waals surface area (Å²) in [6.45, 7) is 3.78. The molecular formula is C28H26BrNO6. The summed E-state index contributed by atoms with van der Waals surface area (Å²) >= 11 is 3.46. The SMILES string of the molecule is COc1cc(C2/C(=C(\O)c3ccc(Br)c(C)c3)C(=O)C(=O)N2c2cccc(C)c2)cc(OC)c1OC. The number of carbonyl (C=O) groups is 2. The molecule has 3 aromatic rings. The van der Waals surface area contributed by atoms with Crippen molar-refractivity contribution >= 4 is 39.1 Å². The van der Waals surface area contributed by atoms with Gasteiger partial charge in [-0.25, -0.2) is 0 Å². The fourth-order valence-electron chi connectivity index (χ4n) is 4.40. The number of rotatable bonds is 6. The van der Waals surface area contributed by atoms with E-state index in [1.54, 1.807) is 36.4 Å². The highest BCUT2D eigenvalue weighted by Gasteiger charge is 2.47. The molecule has 1 unspecified atom stereocenters. The normalized spacial score (nSPS) is 16.8. The summed E-state index contributed by atoms with van der Waals surface area (Å²) in [4.78, 5) is 28.3. The van der Waals surface area contributed by atoms with E-state index in [1.165, 1.54) is 26.2 Å². The van der Waals surface area contributed by atoms with Crippen LogP contribution in [0.15, 0.2) is 64.6 Å². The Morgan fingerprint density at radius 3 is 2.14 bits per heavy atom. The van der Waals surface area contributed by atoms with Gasteiger partial charge in [0.25, 0.3) is 11.7 Å². The van der Waals surface area contributed by atoms with Gasteiger partial charge in [-0.2, -0.15) is 0 Å². The third-order valence-electron chi connectivity index (χ3n) is 6.16. The highest BCUT2D eigenvalue weighted by atomic mass is 79.9. The molecule has 7 nitrogen and oxygen atoms in total. The molecule has 4 rings (SSSR count). The number of hydrogen-bond donors (Lipinski definition) is 1. The van der Waals surface area contributed by atoms with Crippen LogP contribution in [0.4, 0.5) is 5.69 Å². The number of Topliss-reactive ketones (excluding diaryl/α,β-unsaturated/α-hetero) is 1. The van der Waals surface area contributed by atoms with Crippen LogP contribution < -0.4 is 19.1 Å². The van der Waals surface area contributed by atoms with Crippen LogP contribution in [0.2, 0.25) is 0 Å². The molecule has 0 spiro atoms. The first-order chi connectivity index (χ1) is 17.2. The Bertz CT molecular complexity index is 1370. The molecule has 1 aliphatic rings. The van der Waals surface area contributed by atoms with Crippen LogP contribution in [0, 0.1) is 13.8 Å². The number of ether oxygens (including phenoxy) is 3. The second kappa shape index (κ2) is 10.1. The van der Waals surface area contributed by atoms with Gasteiger partial charge >= 0.3 is 0 Å². The van der Waals surface area contributed by atoms with Crippen LogP contribution in [0.3, 0.4) is 0 Å². The monoisotopic (exact) mass is 551 g/mol. The number of methoxy groups -OCH3 is 3. The molecule has 1 saturated heterocycles. The van der Waals surface area contributed by atoms with Crippen LogP contribution in [0.25, 0.3) is 5.76 Å². The quantitative estimate of drug-likeness (QED) is 0.239. The molecule has 0 saturated carbocycles. The minimum Gasteiger partial charge on any atom is -0.507 e. The largest absolute Gasteiger partial charge is 0.507 e. The summed E-state index contributed by atoms with van der Waals surface area (Å²) in [5.74, 6) is -0.692. The van der Waals surface area contributed by atoms with Gasteiger partial charge in [-0.15, -0.1) is 0 Å². The van der Waals surface area contributed by atoms with Gasteiger partial charge < -0.3 is 19.3 Å². The molecule has 1 atom stereocenters. The van der Waals surface area contributed by atoms with Gasteiger partial charge in [0.05, 0.1) is 32.9 Å². The Morgan fingerprint density at radius 1 is 0.917 bits per heavy atom. The lowest BCUT2D eigenvalue weighted by Crippen LogP contribution is -2.29. The molecule has 1 aliphatic heterocycles. The van der Waals surface area contributed by atoms with E-state index in [-0.39, 0.29) is 11.3 Å². The van der Waals surface area contributed by atoms with Crippen molar-refractivity contribution in [1.29, 1.82) is 0 Å². The third-order valence-corrected chi connectivity index (χ3v) is 7.05. The number of carbonyl (C=O) groups excluding carboxylic acids is 2. The number of aliphatic hydroxyl groups excluding tert-OH is 1. The fraction of sp³-hybridized carbons (Fsp3) is 0.214. The van der Waals surface area contributed by atoms with Gasteiger partial charge in [0.15, 0.2) is 11.5 Å². The lowest BCUT2D eigenvalue weighted by atomic mass is 9.94.